The Kier molecular flexibility index (Phi) is 3.39. The molecule has 0 aliphatic carbocycles. The molecule has 0 N–H and O–H groups in total. The minimum Gasteiger partial charge on any atom is -0.492 e. The largest absolute Gasteiger partial charge is 0.492 e. The summed E-state index contributed by atoms with van der Waals surface area (Å²) in [5, 5.41) is 0. The molecule has 0 spiro atoms. The molecule has 4 nitrogen and oxygen atoms in total. The SMILES string of the molecule is COC(=O)Cc1cnc(F)c(OC)c1. The predicted octanol–water partition coefficient (Wildman–Crippen LogP) is 0.945. The van der Waals surface area contributed by atoms with Crippen LogP contribution < -0.4 is 4.74 Å². The van der Waals surface area contributed by atoms with Gasteiger partial charge in [0.05, 0.1) is 20.6 Å². The molecule has 5 heteroatoms. The molecule has 0 saturated heterocycles. The van der Waals surface area contributed by atoms with Crippen molar-refractivity contribution in [3.8, 4) is 5.75 Å². The monoisotopic (exact) mass is 199 g/mol. The average molecular weight is 199 g/mol. The molecule has 0 aliphatic rings. The molecule has 0 atom stereocenters. The van der Waals surface area contributed by atoms with Crippen molar-refractivity contribution in [2.45, 2.75) is 6.42 Å². The third-order valence-corrected chi connectivity index (χ3v) is 1.66. The molecule has 0 bridgehead atoms. The smallest absolute Gasteiger partial charge is 0.310 e. The van der Waals surface area contributed by atoms with Crippen LogP contribution in [0.1, 0.15) is 5.56 Å². The molecule has 0 radical (unpaired) electrons. The number of methoxy groups -OCH3 is 2. The Morgan fingerprint density at radius 2 is 2.29 bits per heavy atom. The summed E-state index contributed by atoms with van der Waals surface area (Å²) in [5.74, 6) is -1.08. The van der Waals surface area contributed by atoms with Crippen molar-refractivity contribution >= 4 is 5.97 Å². The van der Waals surface area contributed by atoms with Gasteiger partial charge in [0.25, 0.3) is 5.95 Å². The molecule has 14 heavy (non-hydrogen) atoms. The number of hydrogen-bond donors (Lipinski definition) is 0. The second-order valence-electron chi connectivity index (χ2n) is 2.59. The summed E-state index contributed by atoms with van der Waals surface area (Å²) in [7, 11) is 2.62. The van der Waals surface area contributed by atoms with E-state index in [0.717, 1.165) is 0 Å². The van der Waals surface area contributed by atoms with E-state index in [1.165, 1.54) is 26.5 Å². The minimum atomic E-state index is -0.693. The van der Waals surface area contributed by atoms with Crippen LogP contribution in [0.15, 0.2) is 12.3 Å². The van der Waals surface area contributed by atoms with Crippen LogP contribution in [-0.4, -0.2) is 25.2 Å². The van der Waals surface area contributed by atoms with Crippen LogP contribution in [-0.2, 0) is 16.0 Å². The first-order valence-corrected chi connectivity index (χ1v) is 3.92. The maximum Gasteiger partial charge on any atom is 0.310 e. The van der Waals surface area contributed by atoms with Gasteiger partial charge in [-0.2, -0.15) is 4.39 Å². The summed E-state index contributed by atoms with van der Waals surface area (Å²) in [5.41, 5.74) is 0.551. The average Bonchev–Trinajstić information content (AvgIpc) is 2.20. The Labute approximate surface area is 80.7 Å². The van der Waals surface area contributed by atoms with Crippen LogP contribution in [0.4, 0.5) is 4.39 Å². The summed E-state index contributed by atoms with van der Waals surface area (Å²) in [6, 6.07) is 1.42. The van der Waals surface area contributed by atoms with Crippen LogP contribution in [0.2, 0.25) is 0 Å². The molecule has 1 heterocycles. The lowest BCUT2D eigenvalue weighted by molar-refractivity contribution is -0.139. The molecule has 0 saturated carbocycles. The molecule has 1 rings (SSSR count). The van der Waals surface area contributed by atoms with Gasteiger partial charge in [-0.05, 0) is 11.6 Å². The molecule has 0 amide bonds. The van der Waals surface area contributed by atoms with Crippen molar-refractivity contribution < 1.29 is 18.7 Å². The summed E-state index contributed by atoms with van der Waals surface area (Å²) in [6.07, 6.45) is 1.33. The Morgan fingerprint density at radius 1 is 1.57 bits per heavy atom. The number of pyridine rings is 1. The third-order valence-electron chi connectivity index (χ3n) is 1.66. The Bertz CT molecular complexity index is 341. The highest BCUT2D eigenvalue weighted by atomic mass is 19.1. The van der Waals surface area contributed by atoms with E-state index in [4.69, 9.17) is 4.74 Å². The first-order chi connectivity index (χ1) is 6.67. The summed E-state index contributed by atoms with van der Waals surface area (Å²) >= 11 is 0. The van der Waals surface area contributed by atoms with Crippen molar-refractivity contribution in [3.05, 3.63) is 23.8 Å². The maximum absolute atomic E-state index is 12.8. The van der Waals surface area contributed by atoms with E-state index in [1.807, 2.05) is 0 Å². The first kappa shape index (κ1) is 10.4. The molecular formula is C9H10FNO3. The van der Waals surface area contributed by atoms with Crippen LogP contribution in [0.25, 0.3) is 0 Å². The normalized spacial score (nSPS) is 9.64. The molecule has 0 fully saturated rings. The number of halogens is 1. The van der Waals surface area contributed by atoms with Crippen LogP contribution in [0.3, 0.4) is 0 Å². The van der Waals surface area contributed by atoms with Gasteiger partial charge in [-0.25, -0.2) is 4.98 Å². The van der Waals surface area contributed by atoms with Gasteiger partial charge < -0.3 is 9.47 Å². The number of nitrogens with zero attached hydrogens (tertiary/aromatic N) is 1. The van der Waals surface area contributed by atoms with E-state index >= 15 is 0 Å². The molecule has 1 aromatic rings. The highest BCUT2D eigenvalue weighted by Crippen LogP contribution is 2.15. The zero-order valence-electron chi connectivity index (χ0n) is 7.91. The van der Waals surface area contributed by atoms with E-state index in [0.29, 0.717) is 5.56 Å². The number of hydrogen-bond acceptors (Lipinski definition) is 4. The molecule has 1 aromatic heterocycles. The molecular weight excluding hydrogens is 189 g/mol. The number of carbonyl (C=O) groups excluding carboxylic acids is 1. The van der Waals surface area contributed by atoms with Gasteiger partial charge in [0.1, 0.15) is 0 Å². The first-order valence-electron chi connectivity index (χ1n) is 3.92. The van der Waals surface area contributed by atoms with Crippen molar-refractivity contribution in [2.75, 3.05) is 14.2 Å². The van der Waals surface area contributed by atoms with Gasteiger partial charge in [0.2, 0.25) is 0 Å². The van der Waals surface area contributed by atoms with Crippen molar-refractivity contribution in [1.82, 2.24) is 4.98 Å². The number of rotatable bonds is 3. The molecule has 0 unspecified atom stereocenters. The summed E-state index contributed by atoms with van der Waals surface area (Å²) in [4.78, 5) is 14.3. The molecule has 0 aliphatic heterocycles. The quantitative estimate of drug-likeness (QED) is 0.537. The third kappa shape index (κ3) is 2.42. The van der Waals surface area contributed by atoms with Gasteiger partial charge in [0.15, 0.2) is 5.75 Å². The van der Waals surface area contributed by atoms with Crippen LogP contribution in [0, 0.1) is 5.95 Å². The fourth-order valence-corrected chi connectivity index (χ4v) is 0.947. The maximum atomic E-state index is 12.8. The fourth-order valence-electron chi connectivity index (χ4n) is 0.947. The standard InChI is InChI=1S/C9H10FNO3/c1-13-7-3-6(4-8(12)14-2)5-11-9(7)10/h3,5H,4H2,1-2H3. The lowest BCUT2D eigenvalue weighted by Crippen LogP contribution is -2.05. The zero-order chi connectivity index (χ0) is 10.6. The lowest BCUT2D eigenvalue weighted by Gasteiger charge is -2.03. The zero-order valence-corrected chi connectivity index (χ0v) is 7.91. The number of ether oxygens (including phenoxy) is 2. The molecule has 0 aromatic carbocycles. The van der Waals surface area contributed by atoms with Crippen molar-refractivity contribution in [3.63, 3.8) is 0 Å². The second-order valence-corrected chi connectivity index (χ2v) is 2.59. The molecule has 76 valence electrons. The number of carbonyl (C=O) groups is 1. The predicted molar refractivity (Wildman–Crippen MR) is 46.5 cm³/mol. The number of aromatic nitrogens is 1. The summed E-state index contributed by atoms with van der Waals surface area (Å²) < 4.78 is 22.0. The van der Waals surface area contributed by atoms with Crippen LogP contribution >= 0.6 is 0 Å². The fraction of sp³-hybridized carbons (Fsp3) is 0.333. The highest BCUT2D eigenvalue weighted by Gasteiger charge is 2.08. The highest BCUT2D eigenvalue weighted by molar-refractivity contribution is 5.72. The van der Waals surface area contributed by atoms with E-state index in [-0.39, 0.29) is 12.2 Å². The van der Waals surface area contributed by atoms with Gasteiger partial charge in [0, 0.05) is 6.20 Å². The topological polar surface area (TPSA) is 48.4 Å². The minimum absolute atomic E-state index is 0.0198. The Balaban J connectivity index is 2.84. The van der Waals surface area contributed by atoms with Gasteiger partial charge in [-0.15, -0.1) is 0 Å². The second kappa shape index (κ2) is 4.55. The number of esters is 1. The van der Waals surface area contributed by atoms with Crippen LogP contribution in [0.5, 0.6) is 5.75 Å². The van der Waals surface area contributed by atoms with Crippen molar-refractivity contribution in [1.29, 1.82) is 0 Å². The Hall–Kier alpha value is -1.65. The van der Waals surface area contributed by atoms with E-state index < -0.39 is 11.9 Å². The lowest BCUT2D eigenvalue weighted by atomic mass is 10.2. The van der Waals surface area contributed by atoms with Crippen molar-refractivity contribution in [2.24, 2.45) is 0 Å². The Morgan fingerprint density at radius 3 is 2.86 bits per heavy atom. The van der Waals surface area contributed by atoms with E-state index in [9.17, 15) is 9.18 Å². The summed E-state index contributed by atoms with van der Waals surface area (Å²) in [6.45, 7) is 0. The van der Waals surface area contributed by atoms with Gasteiger partial charge in [-0.3, -0.25) is 4.79 Å². The van der Waals surface area contributed by atoms with E-state index in [1.54, 1.807) is 0 Å². The van der Waals surface area contributed by atoms with Gasteiger partial charge in [-0.1, -0.05) is 0 Å². The van der Waals surface area contributed by atoms with E-state index in [2.05, 4.69) is 9.72 Å². The van der Waals surface area contributed by atoms with Gasteiger partial charge >= 0.3 is 5.97 Å².